The van der Waals surface area contributed by atoms with E-state index in [0.29, 0.717) is 19.4 Å². The van der Waals surface area contributed by atoms with Crippen molar-refractivity contribution in [2.75, 3.05) is 6.61 Å². The molecule has 5 heteroatoms. The monoisotopic (exact) mass is 288 g/mol. The number of ketones is 1. The lowest BCUT2D eigenvalue weighted by atomic mass is 9.87. The minimum absolute atomic E-state index is 0.0389. The molecule has 0 unspecified atom stereocenters. The highest BCUT2D eigenvalue weighted by Crippen LogP contribution is 2.32. The summed E-state index contributed by atoms with van der Waals surface area (Å²) in [5, 5.41) is 0. The van der Waals surface area contributed by atoms with Crippen LogP contribution >= 0.6 is 0 Å². The molecule has 0 heterocycles. The zero-order chi connectivity index (χ0) is 15.4. The second-order valence-electron chi connectivity index (χ2n) is 4.54. The fourth-order valence-electron chi connectivity index (χ4n) is 2.22. The average molecular weight is 288 g/mol. The molecule has 0 saturated heterocycles. The molecule has 0 saturated carbocycles. The summed E-state index contributed by atoms with van der Waals surface area (Å²) in [6.45, 7) is 5.70. The zero-order valence-electron chi connectivity index (χ0n) is 11.9. The van der Waals surface area contributed by atoms with Crippen molar-refractivity contribution in [1.82, 2.24) is 0 Å². The van der Waals surface area contributed by atoms with Crippen LogP contribution in [-0.4, -0.2) is 18.0 Å². The summed E-state index contributed by atoms with van der Waals surface area (Å²) < 4.78 is 43.6. The minimum atomic E-state index is -4.46. The summed E-state index contributed by atoms with van der Waals surface area (Å²) in [6.07, 6.45) is -3.61. The van der Waals surface area contributed by atoms with Gasteiger partial charge in [-0.3, -0.25) is 4.79 Å². The summed E-state index contributed by atoms with van der Waals surface area (Å²) in [5.74, 6) is -0.393. The first-order chi connectivity index (χ1) is 9.30. The molecule has 0 aliphatic rings. The molecule has 0 aromatic heterocycles. The van der Waals surface area contributed by atoms with Crippen molar-refractivity contribution in [3.8, 4) is 0 Å². The number of halogens is 3. The number of hydrogen-bond acceptors (Lipinski definition) is 2. The van der Waals surface area contributed by atoms with Gasteiger partial charge in [-0.2, -0.15) is 13.2 Å². The fourth-order valence-corrected chi connectivity index (χ4v) is 2.22. The first-order valence-corrected chi connectivity index (χ1v) is 6.66. The second kappa shape index (κ2) is 6.39. The van der Waals surface area contributed by atoms with Gasteiger partial charge in [0, 0.05) is 12.2 Å². The summed E-state index contributed by atoms with van der Waals surface area (Å²) in [7, 11) is 0. The molecule has 1 aromatic rings. The van der Waals surface area contributed by atoms with Gasteiger partial charge >= 0.3 is 6.18 Å². The van der Waals surface area contributed by atoms with Gasteiger partial charge in [0.1, 0.15) is 5.60 Å². The van der Waals surface area contributed by atoms with Crippen LogP contribution in [-0.2, 0) is 10.9 Å². The predicted octanol–water partition coefficient (Wildman–Crippen LogP) is 4.48. The third kappa shape index (κ3) is 3.39. The molecule has 0 N–H and O–H groups in total. The molecule has 0 aliphatic carbocycles. The Kier molecular flexibility index (Phi) is 5.34. The van der Waals surface area contributed by atoms with Crippen LogP contribution in [0.2, 0.25) is 0 Å². The Morgan fingerprint density at radius 2 is 1.75 bits per heavy atom. The Morgan fingerprint density at radius 3 is 2.20 bits per heavy atom. The maximum atomic E-state index is 12.7. The first-order valence-electron chi connectivity index (χ1n) is 6.66. The molecule has 0 radical (unpaired) electrons. The molecule has 2 nitrogen and oxygen atoms in total. The quantitative estimate of drug-likeness (QED) is 0.721. The van der Waals surface area contributed by atoms with Crippen LogP contribution in [0.5, 0.6) is 0 Å². The molecular formula is C15H19F3O2. The smallest absolute Gasteiger partial charge is 0.367 e. The van der Waals surface area contributed by atoms with Crippen molar-refractivity contribution in [1.29, 1.82) is 0 Å². The van der Waals surface area contributed by atoms with E-state index >= 15 is 0 Å². The maximum absolute atomic E-state index is 12.7. The molecule has 0 fully saturated rings. The van der Waals surface area contributed by atoms with Crippen LogP contribution in [0.25, 0.3) is 0 Å². The van der Waals surface area contributed by atoms with E-state index in [-0.39, 0.29) is 5.56 Å². The van der Waals surface area contributed by atoms with E-state index in [1.165, 1.54) is 12.1 Å². The zero-order valence-corrected chi connectivity index (χ0v) is 11.9. The van der Waals surface area contributed by atoms with Crippen molar-refractivity contribution in [2.24, 2.45) is 0 Å². The number of benzene rings is 1. The Balaban J connectivity index is 3.19. The van der Waals surface area contributed by atoms with Crippen LogP contribution in [0, 0.1) is 0 Å². The van der Waals surface area contributed by atoms with Gasteiger partial charge < -0.3 is 4.74 Å². The fraction of sp³-hybridized carbons (Fsp3) is 0.533. The Hall–Kier alpha value is -1.36. The van der Waals surface area contributed by atoms with Crippen LogP contribution in [0.4, 0.5) is 13.2 Å². The first kappa shape index (κ1) is 16.7. The van der Waals surface area contributed by atoms with Gasteiger partial charge in [-0.1, -0.05) is 26.0 Å². The number of Topliss-reactive ketones (excluding diaryl/α,β-unsaturated/α-hetero) is 1. The van der Waals surface area contributed by atoms with Gasteiger partial charge in [-0.25, -0.2) is 0 Å². The molecule has 1 rings (SSSR count). The van der Waals surface area contributed by atoms with E-state index in [2.05, 4.69) is 0 Å². The minimum Gasteiger partial charge on any atom is -0.367 e. The Bertz CT molecular complexity index is 462. The maximum Gasteiger partial charge on any atom is 0.416 e. The predicted molar refractivity (Wildman–Crippen MR) is 70.7 cm³/mol. The lowest BCUT2D eigenvalue weighted by Gasteiger charge is -2.30. The number of carbonyl (C=O) groups excluding carboxylic acids is 1. The molecule has 0 bridgehead atoms. The number of rotatable bonds is 6. The normalized spacial score (nSPS) is 12.5. The lowest BCUT2D eigenvalue weighted by Crippen LogP contribution is -2.40. The topological polar surface area (TPSA) is 26.3 Å². The molecule has 0 amide bonds. The van der Waals surface area contributed by atoms with E-state index < -0.39 is 23.1 Å². The number of ether oxygens (including phenoxy) is 1. The SMILES string of the molecule is CCOC(CC)(CC)C(=O)c1cccc(C(F)(F)F)c1. The second-order valence-corrected chi connectivity index (χ2v) is 4.54. The van der Waals surface area contributed by atoms with Gasteiger partial charge in [0.05, 0.1) is 5.56 Å². The van der Waals surface area contributed by atoms with Crippen molar-refractivity contribution in [2.45, 2.75) is 45.4 Å². The molecule has 0 aliphatic heterocycles. The lowest BCUT2D eigenvalue weighted by molar-refractivity contribution is -0.137. The summed E-state index contributed by atoms with van der Waals surface area (Å²) in [5.41, 5.74) is -1.82. The van der Waals surface area contributed by atoms with Gasteiger partial charge in [0.15, 0.2) is 5.78 Å². The highest BCUT2D eigenvalue weighted by molar-refractivity contribution is 6.02. The molecule has 20 heavy (non-hydrogen) atoms. The molecule has 1 aromatic carbocycles. The third-order valence-electron chi connectivity index (χ3n) is 3.43. The van der Waals surface area contributed by atoms with E-state index in [1.807, 2.05) is 0 Å². The summed E-state index contributed by atoms with van der Waals surface area (Å²) >= 11 is 0. The van der Waals surface area contributed by atoms with E-state index in [0.717, 1.165) is 12.1 Å². The van der Waals surface area contributed by atoms with Crippen LogP contribution < -0.4 is 0 Å². The van der Waals surface area contributed by atoms with Crippen molar-refractivity contribution in [3.05, 3.63) is 35.4 Å². The molecular weight excluding hydrogens is 269 g/mol. The highest BCUT2D eigenvalue weighted by atomic mass is 19.4. The molecule has 0 atom stereocenters. The summed E-state index contributed by atoms with van der Waals surface area (Å²) in [4.78, 5) is 12.5. The van der Waals surface area contributed by atoms with E-state index in [1.54, 1.807) is 20.8 Å². The third-order valence-corrected chi connectivity index (χ3v) is 3.43. The Morgan fingerprint density at radius 1 is 1.15 bits per heavy atom. The van der Waals surface area contributed by atoms with Gasteiger partial charge in [-0.05, 0) is 31.9 Å². The average Bonchev–Trinajstić information content (AvgIpc) is 2.43. The molecule has 0 spiro atoms. The highest BCUT2D eigenvalue weighted by Gasteiger charge is 2.37. The largest absolute Gasteiger partial charge is 0.416 e. The Labute approximate surface area is 116 Å². The number of hydrogen-bond donors (Lipinski definition) is 0. The van der Waals surface area contributed by atoms with Crippen LogP contribution in [0.1, 0.15) is 49.5 Å². The van der Waals surface area contributed by atoms with Crippen LogP contribution in [0.3, 0.4) is 0 Å². The standard InChI is InChI=1S/C15H19F3O2/c1-4-14(5-2,20-6-3)13(19)11-8-7-9-12(10-11)15(16,17)18/h7-10H,4-6H2,1-3H3. The molecule has 112 valence electrons. The summed E-state index contributed by atoms with van der Waals surface area (Å²) in [6, 6.07) is 4.49. The van der Waals surface area contributed by atoms with Gasteiger partial charge in [-0.15, -0.1) is 0 Å². The number of carbonyl (C=O) groups is 1. The van der Waals surface area contributed by atoms with E-state index in [9.17, 15) is 18.0 Å². The van der Waals surface area contributed by atoms with E-state index in [4.69, 9.17) is 4.74 Å². The van der Waals surface area contributed by atoms with Crippen molar-refractivity contribution < 1.29 is 22.7 Å². The van der Waals surface area contributed by atoms with Crippen molar-refractivity contribution in [3.63, 3.8) is 0 Å². The number of alkyl halides is 3. The van der Waals surface area contributed by atoms with Crippen molar-refractivity contribution >= 4 is 5.78 Å². The van der Waals surface area contributed by atoms with Crippen LogP contribution in [0.15, 0.2) is 24.3 Å². The van der Waals surface area contributed by atoms with Gasteiger partial charge in [0.2, 0.25) is 0 Å². The van der Waals surface area contributed by atoms with Gasteiger partial charge in [0.25, 0.3) is 0 Å².